The largest absolute Gasteiger partial charge is 0.318 e. The smallest absolute Gasteiger partial charge is 0.160 e. The lowest BCUT2D eigenvalue weighted by Gasteiger charge is -2.20. The summed E-state index contributed by atoms with van der Waals surface area (Å²) >= 11 is 0. The van der Waals surface area contributed by atoms with Crippen LogP contribution in [0.4, 0.5) is 0 Å². The Hall–Kier alpha value is -2.94. The second-order valence-corrected chi connectivity index (χ2v) is 7.33. The van der Waals surface area contributed by atoms with Crippen LogP contribution in [0.5, 0.6) is 0 Å². The van der Waals surface area contributed by atoms with Crippen LogP contribution >= 0.6 is 0 Å². The molecular weight excluding hydrogens is 330 g/mol. The van der Waals surface area contributed by atoms with E-state index >= 15 is 0 Å². The fourth-order valence-electron chi connectivity index (χ4n) is 3.90. The summed E-state index contributed by atoms with van der Waals surface area (Å²) in [6.07, 6.45) is 1.83. The normalized spacial score (nSPS) is 11.3. The molecule has 2 aromatic carbocycles. The Morgan fingerprint density at radius 3 is 2.04 bits per heavy atom. The summed E-state index contributed by atoms with van der Waals surface area (Å²) in [5, 5.41) is 0. The van der Waals surface area contributed by atoms with Crippen molar-refractivity contribution in [2.75, 3.05) is 0 Å². The average Bonchev–Trinajstić information content (AvgIpc) is 3.07. The van der Waals surface area contributed by atoms with E-state index in [1.165, 1.54) is 33.4 Å². The van der Waals surface area contributed by atoms with Gasteiger partial charge in [-0.2, -0.15) is 0 Å². The summed E-state index contributed by atoms with van der Waals surface area (Å²) < 4.78 is 2.31. The second kappa shape index (κ2) is 6.66. The van der Waals surface area contributed by atoms with Gasteiger partial charge in [0, 0.05) is 6.20 Å². The number of para-hydroxylation sites is 2. The maximum Gasteiger partial charge on any atom is 0.160 e. The molecule has 2 heterocycles. The lowest BCUT2D eigenvalue weighted by molar-refractivity contribution is 0.813. The van der Waals surface area contributed by atoms with Crippen LogP contribution in [0.25, 0.3) is 22.6 Å². The monoisotopic (exact) mass is 355 g/mol. The van der Waals surface area contributed by atoms with Crippen molar-refractivity contribution >= 4 is 11.0 Å². The Morgan fingerprint density at radius 1 is 0.741 bits per heavy atom. The number of pyridine rings is 1. The first-order valence-electron chi connectivity index (χ1n) is 9.41. The molecule has 0 bridgehead atoms. The number of imidazole rings is 1. The van der Waals surface area contributed by atoms with Gasteiger partial charge in [-0.1, -0.05) is 18.2 Å². The van der Waals surface area contributed by atoms with E-state index < -0.39 is 0 Å². The van der Waals surface area contributed by atoms with Crippen LogP contribution in [-0.2, 0) is 6.54 Å². The predicted octanol–water partition coefficient (Wildman–Crippen LogP) is 5.69. The van der Waals surface area contributed by atoms with Crippen molar-refractivity contribution in [2.45, 2.75) is 41.2 Å². The summed E-state index contributed by atoms with van der Waals surface area (Å²) in [7, 11) is 0. The Bertz CT molecular complexity index is 1110. The van der Waals surface area contributed by atoms with Crippen molar-refractivity contribution in [3.8, 4) is 11.5 Å². The number of rotatable bonds is 3. The molecule has 0 fully saturated rings. The molecule has 0 atom stereocenters. The number of aromatic nitrogens is 3. The van der Waals surface area contributed by atoms with Gasteiger partial charge in [-0.25, -0.2) is 4.98 Å². The standard InChI is InChI=1S/C24H25N3/c1-15-16(2)18(4)20(19(5)17(15)3)14-27-23-12-7-6-10-21(23)26-24(27)22-11-8-9-13-25-22/h6-13H,14H2,1-5H3. The van der Waals surface area contributed by atoms with Crippen LogP contribution in [0.15, 0.2) is 48.7 Å². The highest BCUT2D eigenvalue weighted by atomic mass is 15.1. The van der Waals surface area contributed by atoms with Crippen molar-refractivity contribution in [1.82, 2.24) is 14.5 Å². The zero-order valence-corrected chi connectivity index (χ0v) is 16.7. The molecule has 0 amide bonds. The molecule has 0 unspecified atom stereocenters. The summed E-state index contributed by atoms with van der Waals surface area (Å²) in [5.41, 5.74) is 11.4. The first-order chi connectivity index (χ1) is 13.0. The fraction of sp³-hybridized carbons (Fsp3) is 0.250. The highest BCUT2D eigenvalue weighted by Gasteiger charge is 2.17. The molecule has 0 saturated carbocycles. The van der Waals surface area contributed by atoms with Gasteiger partial charge >= 0.3 is 0 Å². The third-order valence-electron chi connectivity index (χ3n) is 6.02. The van der Waals surface area contributed by atoms with Gasteiger partial charge in [0.05, 0.1) is 17.6 Å². The van der Waals surface area contributed by atoms with Crippen molar-refractivity contribution in [1.29, 1.82) is 0 Å². The van der Waals surface area contributed by atoms with Gasteiger partial charge in [-0.05, 0) is 92.3 Å². The zero-order chi connectivity index (χ0) is 19.1. The van der Waals surface area contributed by atoms with Gasteiger partial charge < -0.3 is 4.57 Å². The molecule has 3 nitrogen and oxygen atoms in total. The van der Waals surface area contributed by atoms with Crippen LogP contribution in [0.2, 0.25) is 0 Å². The molecule has 0 radical (unpaired) electrons. The van der Waals surface area contributed by atoms with Crippen LogP contribution < -0.4 is 0 Å². The van der Waals surface area contributed by atoms with E-state index in [0.29, 0.717) is 0 Å². The number of nitrogens with zero attached hydrogens (tertiary/aromatic N) is 3. The van der Waals surface area contributed by atoms with Crippen LogP contribution in [0.1, 0.15) is 33.4 Å². The summed E-state index contributed by atoms with van der Waals surface area (Å²) in [4.78, 5) is 9.46. The van der Waals surface area contributed by atoms with Gasteiger partial charge in [-0.3, -0.25) is 4.98 Å². The Kier molecular flexibility index (Phi) is 4.31. The van der Waals surface area contributed by atoms with Gasteiger partial charge in [0.15, 0.2) is 5.82 Å². The fourth-order valence-corrected chi connectivity index (χ4v) is 3.90. The Balaban J connectivity index is 1.96. The predicted molar refractivity (Wildman–Crippen MR) is 112 cm³/mol. The maximum absolute atomic E-state index is 4.90. The molecule has 0 aliphatic carbocycles. The third kappa shape index (κ3) is 2.84. The molecular formula is C24H25N3. The lowest BCUT2D eigenvalue weighted by Crippen LogP contribution is -2.09. The summed E-state index contributed by atoms with van der Waals surface area (Å²) in [5.74, 6) is 0.923. The van der Waals surface area contributed by atoms with Crippen molar-refractivity contribution in [3.63, 3.8) is 0 Å². The molecule has 0 saturated heterocycles. The van der Waals surface area contributed by atoms with E-state index in [9.17, 15) is 0 Å². The van der Waals surface area contributed by atoms with E-state index in [-0.39, 0.29) is 0 Å². The number of hydrogen-bond acceptors (Lipinski definition) is 2. The van der Waals surface area contributed by atoms with Crippen LogP contribution in [-0.4, -0.2) is 14.5 Å². The topological polar surface area (TPSA) is 30.7 Å². The van der Waals surface area contributed by atoms with Crippen molar-refractivity contribution in [2.24, 2.45) is 0 Å². The van der Waals surface area contributed by atoms with E-state index in [1.807, 2.05) is 30.5 Å². The van der Waals surface area contributed by atoms with Gasteiger partial charge in [0.1, 0.15) is 5.69 Å². The average molecular weight is 355 g/mol. The minimum Gasteiger partial charge on any atom is -0.318 e. The molecule has 0 N–H and O–H groups in total. The Labute approximate surface area is 160 Å². The van der Waals surface area contributed by atoms with Gasteiger partial charge in [-0.15, -0.1) is 0 Å². The molecule has 27 heavy (non-hydrogen) atoms. The molecule has 0 spiro atoms. The molecule has 2 aromatic heterocycles. The third-order valence-corrected chi connectivity index (χ3v) is 6.02. The van der Waals surface area contributed by atoms with Gasteiger partial charge in [0.25, 0.3) is 0 Å². The Morgan fingerprint density at radius 2 is 1.37 bits per heavy atom. The van der Waals surface area contributed by atoms with E-state index in [2.05, 4.69) is 62.4 Å². The minimum atomic E-state index is 0.798. The molecule has 0 aliphatic rings. The van der Waals surface area contributed by atoms with E-state index in [1.54, 1.807) is 0 Å². The molecule has 4 rings (SSSR count). The van der Waals surface area contributed by atoms with Crippen LogP contribution in [0.3, 0.4) is 0 Å². The van der Waals surface area contributed by atoms with E-state index in [0.717, 1.165) is 29.1 Å². The molecule has 0 aliphatic heterocycles. The maximum atomic E-state index is 4.90. The second-order valence-electron chi connectivity index (χ2n) is 7.33. The molecule has 4 aromatic rings. The number of benzene rings is 2. The number of fused-ring (bicyclic) bond motifs is 1. The quantitative estimate of drug-likeness (QED) is 0.473. The molecule has 136 valence electrons. The van der Waals surface area contributed by atoms with Crippen molar-refractivity contribution in [3.05, 3.63) is 82.0 Å². The first-order valence-corrected chi connectivity index (χ1v) is 9.41. The summed E-state index contributed by atoms with van der Waals surface area (Å²) in [6.45, 7) is 12.0. The first kappa shape index (κ1) is 17.5. The molecule has 3 heteroatoms. The number of hydrogen-bond donors (Lipinski definition) is 0. The lowest BCUT2D eigenvalue weighted by atomic mass is 9.89. The SMILES string of the molecule is Cc1c(C)c(C)c(Cn2c(-c3ccccn3)nc3ccccc32)c(C)c1C. The van der Waals surface area contributed by atoms with E-state index in [4.69, 9.17) is 4.98 Å². The highest BCUT2D eigenvalue weighted by Crippen LogP contribution is 2.30. The zero-order valence-electron chi connectivity index (χ0n) is 16.7. The minimum absolute atomic E-state index is 0.798. The highest BCUT2D eigenvalue weighted by molar-refractivity contribution is 5.80. The van der Waals surface area contributed by atoms with Crippen LogP contribution in [0, 0.1) is 34.6 Å². The van der Waals surface area contributed by atoms with Crippen molar-refractivity contribution < 1.29 is 0 Å². The van der Waals surface area contributed by atoms with Gasteiger partial charge in [0.2, 0.25) is 0 Å². The summed E-state index contributed by atoms with van der Waals surface area (Å²) in [6, 6.07) is 14.3.